The van der Waals surface area contributed by atoms with E-state index in [0.29, 0.717) is 16.0 Å². The van der Waals surface area contributed by atoms with Crippen molar-refractivity contribution in [1.82, 2.24) is 0 Å². The summed E-state index contributed by atoms with van der Waals surface area (Å²) in [6.07, 6.45) is 1.32. The quantitative estimate of drug-likeness (QED) is 0.163. The number of anilines is 3. The van der Waals surface area contributed by atoms with Crippen LogP contribution in [0.2, 0.25) is 0 Å². The third kappa shape index (κ3) is 4.54. The van der Waals surface area contributed by atoms with E-state index in [-0.39, 0.29) is 11.4 Å². The molecule has 0 bridgehead atoms. The van der Waals surface area contributed by atoms with Crippen LogP contribution < -0.4 is 4.90 Å². The van der Waals surface area contributed by atoms with E-state index < -0.39 is 5.97 Å². The molecule has 0 aliphatic heterocycles. The molecule has 2 heterocycles. The van der Waals surface area contributed by atoms with Gasteiger partial charge in [0.15, 0.2) is 5.78 Å². The molecule has 1 N–H and O–H groups in total. The summed E-state index contributed by atoms with van der Waals surface area (Å²) in [5, 5.41) is 18.3. The molecule has 3 aromatic carbocycles. The molecule has 0 saturated carbocycles. The topological polar surface area (TPSA) is 81.4 Å². The molecular formula is C33H22N2O3S2. The van der Waals surface area contributed by atoms with Crippen LogP contribution in [0.25, 0.3) is 26.3 Å². The molecule has 0 atom stereocenters. The number of rotatable bonds is 6. The molecule has 1 aliphatic carbocycles. The summed E-state index contributed by atoms with van der Waals surface area (Å²) in [4.78, 5) is 29.9. The Kier molecular flexibility index (Phi) is 6.43. The van der Waals surface area contributed by atoms with Gasteiger partial charge in [0, 0.05) is 37.9 Å². The van der Waals surface area contributed by atoms with Gasteiger partial charge in [-0.05, 0) is 74.0 Å². The minimum Gasteiger partial charge on any atom is -0.477 e. The van der Waals surface area contributed by atoms with Gasteiger partial charge in [0.25, 0.3) is 0 Å². The maximum Gasteiger partial charge on any atom is 0.346 e. The lowest BCUT2D eigenvalue weighted by molar-refractivity contribution is -0.132. The summed E-state index contributed by atoms with van der Waals surface area (Å²) in [6.45, 7) is 4.16. The Morgan fingerprint density at radius 2 is 1.30 bits per heavy atom. The first kappa shape index (κ1) is 25.5. The van der Waals surface area contributed by atoms with Crippen LogP contribution in [0.15, 0.2) is 90.5 Å². The van der Waals surface area contributed by atoms with Crippen molar-refractivity contribution in [2.45, 2.75) is 13.8 Å². The SMILES string of the molecule is Cc1ccc(N(c2ccc(C)cc2)c2ccc(-c3cc4c(s3)-c3sc(/C=C(\C#N)C(=O)O)cc3C4=O)cc2)cc1. The van der Waals surface area contributed by atoms with Gasteiger partial charge in [0.2, 0.25) is 0 Å². The van der Waals surface area contributed by atoms with E-state index in [4.69, 9.17) is 5.26 Å². The van der Waals surface area contributed by atoms with Gasteiger partial charge in [0.1, 0.15) is 11.6 Å². The van der Waals surface area contributed by atoms with Crippen LogP contribution in [0.4, 0.5) is 17.1 Å². The second-order valence-electron chi connectivity index (χ2n) is 9.60. The van der Waals surface area contributed by atoms with Gasteiger partial charge in [-0.1, -0.05) is 47.5 Å². The summed E-state index contributed by atoms with van der Waals surface area (Å²) in [6, 6.07) is 30.6. The number of carboxylic acid groups (broad SMARTS) is 1. The number of benzene rings is 3. The highest BCUT2D eigenvalue weighted by Crippen LogP contribution is 2.49. The molecule has 1 aliphatic rings. The molecule has 2 aromatic heterocycles. The molecule has 0 unspecified atom stereocenters. The zero-order valence-corrected chi connectivity index (χ0v) is 23.3. The number of carbonyl (C=O) groups is 2. The Labute approximate surface area is 239 Å². The molecule has 7 heteroatoms. The number of ketones is 1. The molecule has 5 nitrogen and oxygen atoms in total. The van der Waals surface area contributed by atoms with E-state index in [0.717, 1.165) is 37.3 Å². The van der Waals surface area contributed by atoms with Crippen LogP contribution >= 0.6 is 22.7 Å². The first-order valence-corrected chi connectivity index (χ1v) is 14.2. The van der Waals surface area contributed by atoms with Crippen LogP contribution in [0, 0.1) is 25.2 Å². The molecule has 6 rings (SSSR count). The highest BCUT2D eigenvalue weighted by molar-refractivity contribution is 7.25. The first-order chi connectivity index (χ1) is 19.3. The van der Waals surface area contributed by atoms with E-state index in [1.54, 1.807) is 23.5 Å². The number of carboxylic acids is 1. The van der Waals surface area contributed by atoms with Crippen molar-refractivity contribution in [3.63, 3.8) is 0 Å². The lowest BCUT2D eigenvalue weighted by Crippen LogP contribution is -2.09. The minimum absolute atomic E-state index is 0.0706. The van der Waals surface area contributed by atoms with Gasteiger partial charge in [-0.25, -0.2) is 4.79 Å². The second kappa shape index (κ2) is 10.1. The average Bonchev–Trinajstić information content (AvgIpc) is 3.63. The molecule has 5 aromatic rings. The lowest BCUT2D eigenvalue weighted by atomic mass is 10.1. The van der Waals surface area contributed by atoms with E-state index in [2.05, 4.69) is 91.5 Å². The number of nitrogens with zero attached hydrogens (tertiary/aromatic N) is 2. The van der Waals surface area contributed by atoms with Gasteiger partial charge < -0.3 is 10.0 Å². The number of aryl methyl sites for hydroxylation is 2. The summed E-state index contributed by atoms with van der Waals surface area (Å²) in [5.74, 6) is -1.35. The summed E-state index contributed by atoms with van der Waals surface area (Å²) in [7, 11) is 0. The molecule has 0 saturated heterocycles. The third-order valence-electron chi connectivity index (χ3n) is 6.81. The Morgan fingerprint density at radius 3 is 1.82 bits per heavy atom. The van der Waals surface area contributed by atoms with Gasteiger partial charge >= 0.3 is 5.97 Å². The molecule has 0 fully saturated rings. The predicted molar refractivity (Wildman–Crippen MR) is 162 cm³/mol. The number of carbonyl (C=O) groups excluding carboxylic acids is 1. The van der Waals surface area contributed by atoms with E-state index in [1.807, 2.05) is 6.07 Å². The van der Waals surface area contributed by atoms with Crippen LogP contribution in [0.5, 0.6) is 0 Å². The monoisotopic (exact) mass is 558 g/mol. The van der Waals surface area contributed by atoms with Crippen molar-refractivity contribution in [3.05, 3.63) is 118 Å². The maximum absolute atomic E-state index is 13.1. The highest BCUT2D eigenvalue weighted by atomic mass is 32.1. The summed E-state index contributed by atoms with van der Waals surface area (Å²) < 4.78 is 0. The zero-order valence-electron chi connectivity index (χ0n) is 21.6. The summed E-state index contributed by atoms with van der Waals surface area (Å²) in [5.41, 5.74) is 7.46. The molecule has 0 spiro atoms. The predicted octanol–water partition coefficient (Wildman–Crippen LogP) is 8.77. The van der Waals surface area contributed by atoms with E-state index in [9.17, 15) is 14.7 Å². The van der Waals surface area contributed by atoms with Crippen molar-refractivity contribution < 1.29 is 14.7 Å². The number of thiophene rings is 2. The highest BCUT2D eigenvalue weighted by Gasteiger charge is 2.32. The Bertz CT molecular complexity index is 1810. The number of aliphatic carboxylic acids is 1. The van der Waals surface area contributed by atoms with Crippen LogP contribution in [0.1, 0.15) is 31.9 Å². The van der Waals surface area contributed by atoms with Crippen LogP contribution in [0.3, 0.4) is 0 Å². The van der Waals surface area contributed by atoms with E-state index in [1.165, 1.54) is 28.5 Å². The third-order valence-corrected chi connectivity index (χ3v) is 9.24. The molecule has 40 heavy (non-hydrogen) atoms. The van der Waals surface area contributed by atoms with Gasteiger partial charge in [-0.15, -0.1) is 22.7 Å². The van der Waals surface area contributed by atoms with Crippen LogP contribution in [-0.4, -0.2) is 16.9 Å². The normalized spacial score (nSPS) is 12.1. The number of nitriles is 1. The number of hydrogen-bond donors (Lipinski definition) is 1. The molecular weight excluding hydrogens is 537 g/mol. The molecule has 0 radical (unpaired) electrons. The number of fused-ring (bicyclic) bond motifs is 3. The van der Waals surface area contributed by atoms with Gasteiger partial charge in [-0.3, -0.25) is 4.79 Å². The van der Waals surface area contributed by atoms with Crippen molar-refractivity contribution in [2.75, 3.05) is 4.90 Å². The van der Waals surface area contributed by atoms with Gasteiger partial charge in [-0.2, -0.15) is 5.26 Å². The Balaban J connectivity index is 1.34. The van der Waals surface area contributed by atoms with Crippen molar-refractivity contribution >= 4 is 57.6 Å². The molecule has 194 valence electrons. The standard InChI is InChI=1S/C33H22N2O3S2/c1-19-3-9-23(10-4-19)35(24-11-5-20(2)6-12-24)25-13-7-21(8-14-25)29-17-28-30(36)27-16-26(15-22(18-34)33(37)38)39-31(27)32(28)40-29/h3-17H,1-2H3,(H,37,38)/b22-15+. The minimum atomic E-state index is -1.28. The maximum atomic E-state index is 13.1. The average molecular weight is 559 g/mol. The first-order valence-electron chi connectivity index (χ1n) is 12.5. The van der Waals surface area contributed by atoms with Gasteiger partial charge in [0.05, 0.1) is 9.75 Å². The fraction of sp³-hybridized carbons (Fsp3) is 0.0606. The lowest BCUT2D eigenvalue weighted by Gasteiger charge is -2.26. The fourth-order valence-electron chi connectivity index (χ4n) is 4.73. The fourth-order valence-corrected chi connectivity index (χ4v) is 7.15. The molecule has 0 amide bonds. The van der Waals surface area contributed by atoms with Crippen molar-refractivity contribution in [3.8, 4) is 26.3 Å². The Morgan fingerprint density at radius 1 is 0.800 bits per heavy atom. The van der Waals surface area contributed by atoms with Crippen LogP contribution in [-0.2, 0) is 4.79 Å². The Hall–Kier alpha value is -4.77. The zero-order chi connectivity index (χ0) is 28.0. The van der Waals surface area contributed by atoms with E-state index >= 15 is 0 Å². The summed E-state index contributed by atoms with van der Waals surface area (Å²) >= 11 is 2.88. The largest absolute Gasteiger partial charge is 0.477 e. The van der Waals surface area contributed by atoms with Crippen molar-refractivity contribution in [2.24, 2.45) is 0 Å². The van der Waals surface area contributed by atoms with Crippen molar-refractivity contribution in [1.29, 1.82) is 5.26 Å². The number of hydrogen-bond acceptors (Lipinski definition) is 6. The smallest absolute Gasteiger partial charge is 0.346 e. The second-order valence-corrected chi connectivity index (χ2v) is 11.7.